The molecule has 0 aliphatic carbocycles. The van der Waals surface area contributed by atoms with E-state index in [0.29, 0.717) is 11.3 Å². The molecule has 116 valence electrons. The summed E-state index contributed by atoms with van der Waals surface area (Å²) in [5.41, 5.74) is 3.08. The van der Waals surface area contributed by atoms with E-state index in [9.17, 15) is 4.79 Å². The molecule has 0 radical (unpaired) electrons. The summed E-state index contributed by atoms with van der Waals surface area (Å²) in [5.74, 6) is 0.592. The van der Waals surface area contributed by atoms with Crippen molar-refractivity contribution in [2.45, 2.75) is 25.8 Å². The van der Waals surface area contributed by atoms with Crippen LogP contribution in [0.3, 0.4) is 0 Å². The van der Waals surface area contributed by atoms with Crippen LogP contribution in [0.1, 0.15) is 37.1 Å². The summed E-state index contributed by atoms with van der Waals surface area (Å²) in [7, 11) is 0. The summed E-state index contributed by atoms with van der Waals surface area (Å²) in [4.78, 5) is 12.1. The summed E-state index contributed by atoms with van der Waals surface area (Å²) in [6.07, 6.45) is 0. The number of anilines is 1. The molecule has 0 saturated heterocycles. The quantitative estimate of drug-likeness (QED) is 0.756. The maximum absolute atomic E-state index is 12.1. The fourth-order valence-electron chi connectivity index (χ4n) is 3.67. The summed E-state index contributed by atoms with van der Waals surface area (Å²) >= 11 is 0. The molecule has 0 fully saturated rings. The van der Waals surface area contributed by atoms with Gasteiger partial charge in [0.1, 0.15) is 0 Å². The van der Waals surface area contributed by atoms with Crippen LogP contribution in [0.5, 0.6) is 0 Å². The second kappa shape index (κ2) is 5.23. The highest BCUT2D eigenvalue weighted by atomic mass is 16.1. The van der Waals surface area contributed by atoms with E-state index < -0.39 is 0 Å². The fraction of sp³-hybridized carbons (Fsp3) is 0.263. The molecular formula is C19H19N3O. The Balaban J connectivity index is 1.99. The normalized spacial score (nSPS) is 19.8. The summed E-state index contributed by atoms with van der Waals surface area (Å²) < 4.78 is 0. The van der Waals surface area contributed by atoms with Crippen molar-refractivity contribution in [3.8, 4) is 0 Å². The van der Waals surface area contributed by atoms with Crippen molar-refractivity contribution in [3.63, 3.8) is 0 Å². The minimum Gasteiger partial charge on any atom is -0.377 e. The highest BCUT2D eigenvalue weighted by Crippen LogP contribution is 2.46. The van der Waals surface area contributed by atoms with Gasteiger partial charge in [0.25, 0.3) is 5.56 Å². The van der Waals surface area contributed by atoms with Crippen molar-refractivity contribution in [2.75, 3.05) is 5.32 Å². The van der Waals surface area contributed by atoms with Crippen molar-refractivity contribution < 1.29 is 0 Å². The van der Waals surface area contributed by atoms with Gasteiger partial charge in [0.05, 0.1) is 17.1 Å². The SMILES string of the molecule is CC(C)C1c2n[nH]c(=O)c3cccc(c23)NC1c1ccccc1. The monoisotopic (exact) mass is 305 g/mol. The lowest BCUT2D eigenvalue weighted by atomic mass is 9.78. The molecule has 4 nitrogen and oxygen atoms in total. The molecule has 0 saturated carbocycles. The summed E-state index contributed by atoms with van der Waals surface area (Å²) in [6, 6.07) is 16.4. The van der Waals surface area contributed by atoms with E-state index in [-0.39, 0.29) is 17.5 Å². The molecule has 0 bridgehead atoms. The largest absolute Gasteiger partial charge is 0.377 e. The van der Waals surface area contributed by atoms with Gasteiger partial charge in [0.2, 0.25) is 0 Å². The molecule has 2 heterocycles. The molecule has 2 aromatic carbocycles. The Morgan fingerprint density at radius 3 is 2.57 bits per heavy atom. The number of aromatic nitrogens is 2. The number of aromatic amines is 1. The van der Waals surface area contributed by atoms with E-state index in [1.165, 1.54) is 5.56 Å². The lowest BCUT2D eigenvalue weighted by Gasteiger charge is -2.36. The van der Waals surface area contributed by atoms with Gasteiger partial charge in [-0.15, -0.1) is 0 Å². The van der Waals surface area contributed by atoms with Gasteiger partial charge in [-0.05, 0) is 23.6 Å². The zero-order chi connectivity index (χ0) is 16.0. The van der Waals surface area contributed by atoms with Gasteiger partial charge >= 0.3 is 0 Å². The van der Waals surface area contributed by atoms with E-state index >= 15 is 0 Å². The zero-order valence-corrected chi connectivity index (χ0v) is 13.2. The lowest BCUT2D eigenvalue weighted by Crippen LogP contribution is -2.30. The number of nitrogens with one attached hydrogen (secondary N) is 2. The molecule has 23 heavy (non-hydrogen) atoms. The molecule has 2 unspecified atom stereocenters. The average Bonchev–Trinajstić information content (AvgIpc) is 2.58. The van der Waals surface area contributed by atoms with Crippen LogP contribution in [-0.4, -0.2) is 10.2 Å². The van der Waals surface area contributed by atoms with Gasteiger partial charge in [0.15, 0.2) is 0 Å². The van der Waals surface area contributed by atoms with Crippen LogP contribution in [-0.2, 0) is 0 Å². The van der Waals surface area contributed by atoms with Crippen molar-refractivity contribution in [1.29, 1.82) is 0 Å². The van der Waals surface area contributed by atoms with Crippen molar-refractivity contribution in [2.24, 2.45) is 5.92 Å². The molecule has 3 aromatic rings. The Labute approximate surface area is 134 Å². The second-order valence-corrected chi connectivity index (χ2v) is 6.47. The van der Waals surface area contributed by atoms with Gasteiger partial charge in [-0.3, -0.25) is 4.79 Å². The fourth-order valence-corrected chi connectivity index (χ4v) is 3.67. The lowest BCUT2D eigenvalue weighted by molar-refractivity contribution is 0.430. The number of rotatable bonds is 2. The van der Waals surface area contributed by atoms with Crippen molar-refractivity contribution in [1.82, 2.24) is 10.2 Å². The minimum atomic E-state index is -0.131. The Kier molecular flexibility index (Phi) is 3.18. The molecule has 0 spiro atoms. The van der Waals surface area contributed by atoms with Gasteiger partial charge in [-0.2, -0.15) is 5.10 Å². The number of benzene rings is 2. The Morgan fingerprint density at radius 2 is 1.83 bits per heavy atom. The van der Waals surface area contributed by atoms with Crippen LogP contribution in [0.2, 0.25) is 0 Å². The number of H-pyrrole nitrogens is 1. The molecule has 1 aliphatic rings. The smallest absolute Gasteiger partial charge is 0.272 e. The van der Waals surface area contributed by atoms with Gasteiger partial charge in [0, 0.05) is 17.0 Å². The molecule has 2 N–H and O–H groups in total. The molecule has 1 aromatic heterocycles. The van der Waals surface area contributed by atoms with E-state index in [1.807, 2.05) is 24.3 Å². The van der Waals surface area contributed by atoms with Crippen LogP contribution >= 0.6 is 0 Å². The first-order chi connectivity index (χ1) is 11.2. The zero-order valence-electron chi connectivity index (χ0n) is 13.2. The van der Waals surface area contributed by atoms with E-state index in [4.69, 9.17) is 0 Å². The number of nitrogens with zero attached hydrogens (tertiary/aromatic N) is 1. The first-order valence-electron chi connectivity index (χ1n) is 7.99. The van der Waals surface area contributed by atoms with Crippen LogP contribution in [0.25, 0.3) is 10.8 Å². The van der Waals surface area contributed by atoms with Crippen LogP contribution in [0.4, 0.5) is 5.69 Å². The first kappa shape index (κ1) is 14.0. The van der Waals surface area contributed by atoms with Crippen molar-refractivity contribution >= 4 is 16.5 Å². The van der Waals surface area contributed by atoms with E-state index in [1.54, 1.807) is 0 Å². The van der Waals surface area contributed by atoms with Gasteiger partial charge in [-0.25, -0.2) is 5.10 Å². The van der Waals surface area contributed by atoms with Crippen LogP contribution in [0, 0.1) is 5.92 Å². The second-order valence-electron chi connectivity index (χ2n) is 6.47. The average molecular weight is 305 g/mol. The maximum atomic E-state index is 12.1. The molecule has 2 atom stereocenters. The van der Waals surface area contributed by atoms with E-state index in [0.717, 1.165) is 16.8 Å². The highest BCUT2D eigenvalue weighted by molar-refractivity contribution is 5.96. The van der Waals surface area contributed by atoms with Gasteiger partial charge in [-0.1, -0.05) is 50.2 Å². The summed E-state index contributed by atoms with van der Waals surface area (Å²) in [5, 5.41) is 12.4. The molecule has 0 amide bonds. The predicted octanol–water partition coefficient (Wildman–Crippen LogP) is 3.83. The summed E-state index contributed by atoms with van der Waals surface area (Å²) in [6.45, 7) is 4.41. The standard InChI is InChI=1S/C19H19N3O/c1-11(2)15-17(12-7-4-3-5-8-12)20-14-10-6-9-13-16(14)18(15)21-22-19(13)23/h3-11,15,17,20H,1-2H3,(H,22,23). The molecule has 4 heteroatoms. The molecular weight excluding hydrogens is 286 g/mol. The molecule has 4 rings (SSSR count). The Hall–Kier alpha value is -2.62. The van der Waals surface area contributed by atoms with Crippen LogP contribution < -0.4 is 10.9 Å². The third-order valence-electron chi connectivity index (χ3n) is 4.71. The third kappa shape index (κ3) is 2.13. The third-order valence-corrected chi connectivity index (χ3v) is 4.71. The molecule has 1 aliphatic heterocycles. The topological polar surface area (TPSA) is 57.8 Å². The Morgan fingerprint density at radius 1 is 1.04 bits per heavy atom. The van der Waals surface area contributed by atoms with Crippen LogP contribution in [0.15, 0.2) is 53.3 Å². The van der Waals surface area contributed by atoms with Gasteiger partial charge < -0.3 is 5.32 Å². The number of hydrogen-bond donors (Lipinski definition) is 2. The van der Waals surface area contributed by atoms with E-state index in [2.05, 4.69) is 53.6 Å². The first-order valence-corrected chi connectivity index (χ1v) is 7.99. The highest BCUT2D eigenvalue weighted by Gasteiger charge is 2.35. The number of hydrogen-bond acceptors (Lipinski definition) is 3. The minimum absolute atomic E-state index is 0.131. The predicted molar refractivity (Wildman–Crippen MR) is 92.7 cm³/mol. The Bertz CT molecular complexity index is 915. The maximum Gasteiger partial charge on any atom is 0.272 e. The van der Waals surface area contributed by atoms with Crippen molar-refractivity contribution in [3.05, 3.63) is 70.1 Å².